The van der Waals surface area contributed by atoms with Crippen LogP contribution in [0.4, 0.5) is 0 Å². The monoisotopic (exact) mass is 295 g/mol. The van der Waals surface area contributed by atoms with E-state index in [0.717, 1.165) is 10.9 Å². The minimum absolute atomic E-state index is 0.482. The first-order valence-electron chi connectivity index (χ1n) is 6.56. The summed E-state index contributed by atoms with van der Waals surface area (Å²) in [6.07, 6.45) is 3.89. The molecule has 1 saturated carbocycles. The maximum absolute atomic E-state index is 3.79. The minimum atomic E-state index is 0.482. The molecule has 2 heteroatoms. The van der Waals surface area contributed by atoms with Crippen molar-refractivity contribution < 1.29 is 0 Å². The summed E-state index contributed by atoms with van der Waals surface area (Å²) in [4.78, 5) is 0. The van der Waals surface area contributed by atoms with E-state index in [1.165, 1.54) is 18.4 Å². The molecular formula is C15H22BrN. The Bertz CT molecular complexity index is 367. The van der Waals surface area contributed by atoms with Crippen LogP contribution < -0.4 is 5.32 Å². The van der Waals surface area contributed by atoms with Gasteiger partial charge in [0.1, 0.15) is 0 Å². The van der Waals surface area contributed by atoms with Crippen LogP contribution in [0.15, 0.2) is 28.7 Å². The van der Waals surface area contributed by atoms with Crippen molar-refractivity contribution >= 4 is 15.9 Å². The van der Waals surface area contributed by atoms with E-state index in [-0.39, 0.29) is 0 Å². The second-order valence-corrected chi connectivity index (χ2v) is 6.47. The molecule has 2 atom stereocenters. The molecule has 2 rings (SSSR count). The molecule has 17 heavy (non-hydrogen) atoms. The van der Waals surface area contributed by atoms with Crippen molar-refractivity contribution in [2.45, 2.75) is 52.1 Å². The fourth-order valence-corrected chi connectivity index (χ4v) is 2.54. The van der Waals surface area contributed by atoms with Crippen molar-refractivity contribution in [2.75, 3.05) is 0 Å². The molecule has 1 aliphatic carbocycles. The summed E-state index contributed by atoms with van der Waals surface area (Å²) < 4.78 is 1.15. The molecule has 0 aliphatic heterocycles. The van der Waals surface area contributed by atoms with E-state index in [0.29, 0.717) is 17.5 Å². The van der Waals surface area contributed by atoms with E-state index in [1.807, 2.05) is 0 Å². The van der Waals surface area contributed by atoms with E-state index in [4.69, 9.17) is 0 Å². The zero-order chi connectivity index (χ0) is 12.5. The molecule has 1 nitrogen and oxygen atoms in total. The lowest BCUT2D eigenvalue weighted by atomic mass is 9.97. The van der Waals surface area contributed by atoms with Crippen LogP contribution in [0.2, 0.25) is 0 Å². The Hall–Kier alpha value is -0.340. The Morgan fingerprint density at radius 2 is 1.88 bits per heavy atom. The van der Waals surface area contributed by atoms with E-state index < -0.39 is 0 Å². The highest BCUT2D eigenvalue weighted by Gasteiger charge is 2.42. The number of nitrogens with one attached hydrogen (secondary N) is 1. The third-order valence-corrected chi connectivity index (χ3v) is 4.74. The Kier molecular flexibility index (Phi) is 3.94. The van der Waals surface area contributed by atoms with Gasteiger partial charge in [-0.25, -0.2) is 0 Å². The molecule has 1 aromatic rings. The lowest BCUT2D eigenvalue weighted by molar-refractivity contribution is 0.336. The van der Waals surface area contributed by atoms with Crippen LogP contribution in [0.25, 0.3) is 0 Å². The van der Waals surface area contributed by atoms with Gasteiger partial charge in [-0.15, -0.1) is 0 Å². The van der Waals surface area contributed by atoms with Crippen molar-refractivity contribution in [1.29, 1.82) is 0 Å². The first-order chi connectivity index (χ1) is 8.05. The first-order valence-corrected chi connectivity index (χ1v) is 7.36. The summed E-state index contributed by atoms with van der Waals surface area (Å²) in [5.74, 6) is 0. The number of halogens is 1. The summed E-state index contributed by atoms with van der Waals surface area (Å²) in [7, 11) is 0. The van der Waals surface area contributed by atoms with Gasteiger partial charge in [0.25, 0.3) is 0 Å². The van der Waals surface area contributed by atoms with Crippen molar-refractivity contribution in [3.63, 3.8) is 0 Å². The van der Waals surface area contributed by atoms with Gasteiger partial charge >= 0.3 is 0 Å². The highest BCUT2D eigenvalue weighted by atomic mass is 79.9. The molecule has 2 unspecified atom stereocenters. The van der Waals surface area contributed by atoms with Crippen LogP contribution in [-0.2, 0) is 0 Å². The summed E-state index contributed by atoms with van der Waals surface area (Å²) in [6.45, 7) is 6.97. The van der Waals surface area contributed by atoms with Gasteiger partial charge in [0.15, 0.2) is 0 Å². The number of hydrogen-bond donors (Lipinski definition) is 1. The molecule has 1 aliphatic rings. The molecule has 0 spiro atoms. The fourth-order valence-electron chi connectivity index (χ4n) is 2.28. The minimum Gasteiger partial charge on any atom is -0.307 e. The van der Waals surface area contributed by atoms with E-state index in [9.17, 15) is 0 Å². The molecule has 0 amide bonds. The summed E-state index contributed by atoms with van der Waals surface area (Å²) in [5, 5.41) is 3.79. The van der Waals surface area contributed by atoms with Gasteiger partial charge in [-0.05, 0) is 49.3 Å². The standard InChI is InChI=1S/C15H22BrN/c1-4-14(12-5-7-13(16)8-6-12)17-11(2)15(3)9-10-15/h5-8,11,14,17H,4,9-10H2,1-3H3. The van der Waals surface area contributed by atoms with Crippen molar-refractivity contribution in [3.8, 4) is 0 Å². The third-order valence-electron chi connectivity index (χ3n) is 4.22. The van der Waals surface area contributed by atoms with Crippen LogP contribution in [0.5, 0.6) is 0 Å². The summed E-state index contributed by atoms with van der Waals surface area (Å²) >= 11 is 3.49. The van der Waals surface area contributed by atoms with Gasteiger partial charge in [0.05, 0.1) is 0 Å². The third kappa shape index (κ3) is 3.11. The molecule has 1 aromatic carbocycles. The van der Waals surface area contributed by atoms with E-state index in [1.54, 1.807) is 0 Å². The Balaban J connectivity index is 2.03. The second kappa shape index (κ2) is 5.11. The topological polar surface area (TPSA) is 12.0 Å². The molecular weight excluding hydrogens is 274 g/mol. The number of hydrogen-bond acceptors (Lipinski definition) is 1. The molecule has 1 N–H and O–H groups in total. The van der Waals surface area contributed by atoms with Gasteiger partial charge in [0.2, 0.25) is 0 Å². The Morgan fingerprint density at radius 3 is 2.35 bits per heavy atom. The number of benzene rings is 1. The maximum Gasteiger partial charge on any atom is 0.0320 e. The molecule has 0 saturated heterocycles. The highest BCUT2D eigenvalue weighted by Crippen LogP contribution is 2.48. The highest BCUT2D eigenvalue weighted by molar-refractivity contribution is 9.10. The van der Waals surface area contributed by atoms with Crippen LogP contribution in [-0.4, -0.2) is 6.04 Å². The fraction of sp³-hybridized carbons (Fsp3) is 0.600. The Morgan fingerprint density at radius 1 is 1.29 bits per heavy atom. The van der Waals surface area contributed by atoms with E-state index >= 15 is 0 Å². The predicted octanol–water partition coefficient (Wildman–Crippen LogP) is 4.68. The van der Waals surface area contributed by atoms with Crippen LogP contribution in [0, 0.1) is 5.41 Å². The lowest BCUT2D eigenvalue weighted by Crippen LogP contribution is -2.36. The van der Waals surface area contributed by atoms with Gasteiger partial charge in [-0.2, -0.15) is 0 Å². The SMILES string of the molecule is CCC(NC(C)C1(C)CC1)c1ccc(Br)cc1. The normalized spacial score (nSPS) is 20.9. The largest absolute Gasteiger partial charge is 0.307 e. The lowest BCUT2D eigenvalue weighted by Gasteiger charge is -2.27. The molecule has 94 valence electrons. The van der Waals surface area contributed by atoms with Gasteiger partial charge < -0.3 is 5.32 Å². The molecule has 0 heterocycles. The maximum atomic E-state index is 3.79. The molecule has 1 fully saturated rings. The van der Waals surface area contributed by atoms with Gasteiger partial charge in [0, 0.05) is 16.6 Å². The number of rotatable bonds is 5. The average Bonchev–Trinajstić information content (AvgIpc) is 3.07. The van der Waals surface area contributed by atoms with Crippen LogP contribution in [0.3, 0.4) is 0 Å². The average molecular weight is 296 g/mol. The summed E-state index contributed by atoms with van der Waals surface area (Å²) in [6, 6.07) is 9.78. The zero-order valence-electron chi connectivity index (χ0n) is 11.0. The first kappa shape index (κ1) is 13.1. The molecule has 0 radical (unpaired) electrons. The zero-order valence-corrected chi connectivity index (χ0v) is 12.5. The Labute approximate surface area is 113 Å². The summed E-state index contributed by atoms with van der Waals surface area (Å²) in [5.41, 5.74) is 1.94. The van der Waals surface area contributed by atoms with Crippen molar-refractivity contribution in [3.05, 3.63) is 34.3 Å². The molecule has 0 aromatic heterocycles. The van der Waals surface area contributed by atoms with E-state index in [2.05, 4.69) is 66.3 Å². The van der Waals surface area contributed by atoms with Crippen LogP contribution >= 0.6 is 15.9 Å². The van der Waals surface area contributed by atoms with Gasteiger partial charge in [-0.3, -0.25) is 0 Å². The smallest absolute Gasteiger partial charge is 0.0320 e. The molecule has 0 bridgehead atoms. The predicted molar refractivity (Wildman–Crippen MR) is 77.1 cm³/mol. The second-order valence-electron chi connectivity index (χ2n) is 5.55. The van der Waals surface area contributed by atoms with Gasteiger partial charge in [-0.1, -0.05) is 41.9 Å². The quantitative estimate of drug-likeness (QED) is 0.832. The van der Waals surface area contributed by atoms with Crippen molar-refractivity contribution in [1.82, 2.24) is 5.32 Å². The van der Waals surface area contributed by atoms with Crippen LogP contribution in [0.1, 0.15) is 51.6 Å². The van der Waals surface area contributed by atoms with Crippen molar-refractivity contribution in [2.24, 2.45) is 5.41 Å².